The van der Waals surface area contributed by atoms with E-state index in [1.807, 2.05) is 6.92 Å². The van der Waals surface area contributed by atoms with E-state index in [0.29, 0.717) is 0 Å². The van der Waals surface area contributed by atoms with Crippen LogP contribution in [0.2, 0.25) is 18.1 Å². The first-order chi connectivity index (χ1) is 12.0. The molecule has 0 aromatic heterocycles. The lowest BCUT2D eigenvalue weighted by atomic mass is 10.2. The van der Waals surface area contributed by atoms with Crippen LogP contribution in [0.4, 0.5) is 0 Å². The molecule has 0 radical (unpaired) electrons. The summed E-state index contributed by atoms with van der Waals surface area (Å²) in [6, 6.07) is 8.35. The fraction of sp³-hybridized carbons (Fsp3) is 0.600. The zero-order valence-corrected chi connectivity index (χ0v) is 18.8. The smallest absolute Gasteiger partial charge is 0.202 e. The highest BCUT2D eigenvalue weighted by Crippen LogP contribution is 2.36. The highest BCUT2D eigenvalue weighted by Gasteiger charge is 2.36. The predicted octanol–water partition coefficient (Wildman–Crippen LogP) is 5.53. The normalized spacial score (nSPS) is 14.5. The number of hydrogen-bond acceptors (Lipinski definition) is 4. The molecular weight excluding hydrogens is 364 g/mol. The quantitative estimate of drug-likeness (QED) is 0.295. The minimum absolute atomic E-state index is 0.0231. The van der Waals surface area contributed by atoms with Crippen molar-refractivity contribution in [3.05, 3.63) is 42.0 Å². The van der Waals surface area contributed by atoms with Gasteiger partial charge in [0.1, 0.15) is 0 Å². The third-order valence-corrected chi connectivity index (χ3v) is 10.8. The van der Waals surface area contributed by atoms with E-state index >= 15 is 0 Å². The third-order valence-electron chi connectivity index (χ3n) is 4.89. The standard InChI is InChI=1S/C20H34O4SSi/c1-18(12-10-11-15-24-26(5,6)20(2,3)4)23-16-17-25(21,22)19-13-8-7-9-14-19/h7-9,13-14,16-18H,10-12,15H2,1-6H3/b17-16+. The van der Waals surface area contributed by atoms with Gasteiger partial charge in [0.15, 0.2) is 8.32 Å². The van der Waals surface area contributed by atoms with Crippen LogP contribution in [0.1, 0.15) is 47.0 Å². The first-order valence-electron chi connectivity index (χ1n) is 9.22. The molecule has 0 saturated heterocycles. The van der Waals surface area contributed by atoms with Crippen molar-refractivity contribution < 1.29 is 17.6 Å². The lowest BCUT2D eigenvalue weighted by molar-refractivity contribution is 0.147. The molecule has 0 saturated carbocycles. The van der Waals surface area contributed by atoms with Crippen molar-refractivity contribution in [3.63, 3.8) is 0 Å². The molecule has 1 atom stereocenters. The molecule has 1 unspecified atom stereocenters. The third kappa shape index (κ3) is 7.64. The molecular formula is C20H34O4SSi. The Labute approximate surface area is 160 Å². The van der Waals surface area contributed by atoms with E-state index in [0.717, 1.165) is 31.3 Å². The molecule has 1 aromatic carbocycles. The van der Waals surface area contributed by atoms with Gasteiger partial charge in [-0.3, -0.25) is 0 Å². The number of sulfone groups is 1. The van der Waals surface area contributed by atoms with Gasteiger partial charge < -0.3 is 9.16 Å². The molecule has 0 fully saturated rings. The molecule has 0 heterocycles. The fourth-order valence-electron chi connectivity index (χ4n) is 2.07. The van der Waals surface area contributed by atoms with Gasteiger partial charge in [0.25, 0.3) is 0 Å². The Morgan fingerprint density at radius 1 is 1.12 bits per heavy atom. The fourth-order valence-corrected chi connectivity index (χ4v) is 4.07. The molecule has 0 aliphatic carbocycles. The summed E-state index contributed by atoms with van der Waals surface area (Å²) in [4.78, 5) is 0.273. The SMILES string of the molecule is CC(CCCCO[Si](C)(C)C(C)(C)C)O/C=C/S(=O)(=O)c1ccccc1. The molecule has 0 bridgehead atoms. The van der Waals surface area contributed by atoms with Crippen LogP contribution in [0.3, 0.4) is 0 Å². The Morgan fingerprint density at radius 3 is 2.31 bits per heavy atom. The number of rotatable bonds is 10. The van der Waals surface area contributed by atoms with Gasteiger partial charge in [-0.15, -0.1) is 0 Å². The second kappa shape index (κ2) is 9.72. The van der Waals surface area contributed by atoms with Gasteiger partial charge >= 0.3 is 0 Å². The summed E-state index contributed by atoms with van der Waals surface area (Å²) in [6.45, 7) is 14.0. The average Bonchev–Trinajstić information content (AvgIpc) is 2.54. The molecule has 148 valence electrons. The Hall–Kier alpha value is -1.11. The van der Waals surface area contributed by atoms with E-state index in [1.165, 1.54) is 6.26 Å². The van der Waals surface area contributed by atoms with Crippen LogP contribution >= 0.6 is 0 Å². The summed E-state index contributed by atoms with van der Waals surface area (Å²) >= 11 is 0. The van der Waals surface area contributed by atoms with Gasteiger partial charge in [-0.2, -0.15) is 0 Å². The Morgan fingerprint density at radius 2 is 1.73 bits per heavy atom. The number of unbranched alkanes of at least 4 members (excludes halogenated alkanes) is 1. The predicted molar refractivity (Wildman–Crippen MR) is 110 cm³/mol. The van der Waals surface area contributed by atoms with E-state index < -0.39 is 18.2 Å². The zero-order valence-electron chi connectivity index (χ0n) is 17.0. The highest BCUT2D eigenvalue weighted by atomic mass is 32.2. The van der Waals surface area contributed by atoms with Crippen molar-refractivity contribution in [2.45, 2.75) is 76.1 Å². The molecule has 0 amide bonds. The molecule has 4 nitrogen and oxygen atoms in total. The Balaban J connectivity index is 2.30. The zero-order chi connectivity index (χ0) is 19.8. The van der Waals surface area contributed by atoms with Crippen molar-refractivity contribution in [1.82, 2.24) is 0 Å². The second-order valence-electron chi connectivity index (χ2n) is 8.18. The number of benzene rings is 1. The number of ether oxygens (including phenoxy) is 1. The first kappa shape index (κ1) is 22.9. The lowest BCUT2D eigenvalue weighted by Gasteiger charge is -2.36. The van der Waals surface area contributed by atoms with E-state index in [4.69, 9.17) is 9.16 Å². The summed E-state index contributed by atoms with van der Waals surface area (Å²) in [5, 5.41) is 1.36. The molecule has 1 rings (SSSR count). The van der Waals surface area contributed by atoms with Crippen LogP contribution < -0.4 is 0 Å². The van der Waals surface area contributed by atoms with Crippen LogP contribution in [0.25, 0.3) is 0 Å². The second-order valence-corrected chi connectivity index (χ2v) is 14.8. The Kier molecular flexibility index (Phi) is 8.57. The monoisotopic (exact) mass is 398 g/mol. The maximum atomic E-state index is 12.1. The van der Waals surface area contributed by atoms with Crippen molar-refractivity contribution in [2.24, 2.45) is 0 Å². The molecule has 26 heavy (non-hydrogen) atoms. The maximum Gasteiger partial charge on any atom is 0.202 e. The maximum absolute atomic E-state index is 12.1. The van der Waals surface area contributed by atoms with Crippen molar-refractivity contribution >= 4 is 18.2 Å². The number of hydrogen-bond donors (Lipinski definition) is 0. The topological polar surface area (TPSA) is 52.6 Å². The molecule has 0 aliphatic rings. The Bertz CT molecular complexity index is 661. The van der Waals surface area contributed by atoms with Crippen LogP contribution in [-0.4, -0.2) is 29.4 Å². The van der Waals surface area contributed by atoms with Crippen molar-refractivity contribution in [3.8, 4) is 0 Å². The van der Waals surface area contributed by atoms with Gasteiger partial charge in [-0.05, 0) is 56.5 Å². The largest absolute Gasteiger partial charge is 0.498 e. The minimum Gasteiger partial charge on any atom is -0.498 e. The van der Waals surface area contributed by atoms with Crippen LogP contribution in [-0.2, 0) is 19.0 Å². The van der Waals surface area contributed by atoms with Crippen LogP contribution in [0.5, 0.6) is 0 Å². The summed E-state index contributed by atoms with van der Waals surface area (Å²) in [7, 11) is -5.10. The summed E-state index contributed by atoms with van der Waals surface area (Å²) in [5.41, 5.74) is 0. The average molecular weight is 399 g/mol. The molecule has 0 aliphatic heterocycles. The first-order valence-corrected chi connectivity index (χ1v) is 13.7. The molecule has 6 heteroatoms. The molecule has 0 N–H and O–H groups in total. The van der Waals surface area contributed by atoms with Crippen molar-refractivity contribution in [2.75, 3.05) is 6.61 Å². The summed E-state index contributed by atoms with van der Waals surface area (Å²) in [5.74, 6) is 0. The van der Waals surface area contributed by atoms with E-state index in [9.17, 15) is 8.42 Å². The van der Waals surface area contributed by atoms with Gasteiger partial charge in [0, 0.05) is 6.61 Å². The summed E-state index contributed by atoms with van der Waals surface area (Å²) in [6.07, 6.45) is 4.13. The van der Waals surface area contributed by atoms with Crippen LogP contribution in [0.15, 0.2) is 46.9 Å². The van der Waals surface area contributed by atoms with Crippen molar-refractivity contribution in [1.29, 1.82) is 0 Å². The van der Waals surface area contributed by atoms with Gasteiger partial charge in [-0.25, -0.2) is 8.42 Å². The highest BCUT2D eigenvalue weighted by molar-refractivity contribution is 7.94. The van der Waals surface area contributed by atoms with Gasteiger partial charge in [0.2, 0.25) is 9.84 Å². The van der Waals surface area contributed by atoms with E-state index in [1.54, 1.807) is 30.3 Å². The molecule has 1 aromatic rings. The van der Waals surface area contributed by atoms with Gasteiger partial charge in [0.05, 0.1) is 22.7 Å². The summed E-state index contributed by atoms with van der Waals surface area (Å²) < 4.78 is 35.9. The van der Waals surface area contributed by atoms with Gasteiger partial charge in [-0.1, -0.05) is 39.0 Å². The van der Waals surface area contributed by atoms with E-state index in [-0.39, 0.29) is 16.0 Å². The van der Waals surface area contributed by atoms with Crippen LogP contribution in [0, 0.1) is 0 Å². The van der Waals surface area contributed by atoms with E-state index in [2.05, 4.69) is 33.9 Å². The minimum atomic E-state index is -3.44. The lowest BCUT2D eigenvalue weighted by Crippen LogP contribution is -2.40. The molecule has 0 spiro atoms.